The number of anilines is 1. The lowest BCUT2D eigenvalue weighted by molar-refractivity contribution is 0.0748. The highest BCUT2D eigenvalue weighted by Gasteiger charge is 2.38. The summed E-state index contributed by atoms with van der Waals surface area (Å²) in [7, 11) is 0. The first-order chi connectivity index (χ1) is 18.2. The first-order valence-electron chi connectivity index (χ1n) is 12.7. The van der Waals surface area contributed by atoms with Crippen LogP contribution in [0.2, 0.25) is 0 Å². The van der Waals surface area contributed by atoms with Gasteiger partial charge < -0.3 is 19.5 Å². The van der Waals surface area contributed by atoms with E-state index in [1.807, 2.05) is 28.8 Å². The highest BCUT2D eigenvalue weighted by Crippen LogP contribution is 2.36. The van der Waals surface area contributed by atoms with Gasteiger partial charge >= 0.3 is 6.09 Å². The van der Waals surface area contributed by atoms with E-state index in [9.17, 15) is 9.90 Å². The van der Waals surface area contributed by atoms with Gasteiger partial charge in [-0.05, 0) is 52.9 Å². The monoisotopic (exact) mass is 507 g/mol. The highest BCUT2D eigenvalue weighted by molar-refractivity contribution is 5.72. The lowest BCUT2D eigenvalue weighted by Gasteiger charge is -2.46. The SMILES string of the molecule is CC(C)(C)C1CN(c2ccc3c(c2)Cn2cc(-c4ccc(C#N)cc4)cc2-c2nncn2-3)CCN1C(=O)O. The normalized spacial score (nSPS) is 16.7. The standard InChI is InChI=1S/C29H29N7O2/c1-29(2,3)26-17-33(10-11-35(26)28(37)38)23-8-9-24-22(12-23)16-34-15-21(20-6-4-19(14-30)5-7-20)13-25(34)27-32-31-18-36(24)27/h4-9,12-13,15,18,26H,10-11,16-17H2,1-3H3,(H,37,38). The summed E-state index contributed by atoms with van der Waals surface area (Å²) >= 11 is 0. The summed E-state index contributed by atoms with van der Waals surface area (Å²) in [4.78, 5) is 15.8. The Balaban J connectivity index is 1.37. The average molecular weight is 508 g/mol. The van der Waals surface area contributed by atoms with Crippen LogP contribution >= 0.6 is 0 Å². The van der Waals surface area contributed by atoms with Crippen LogP contribution in [0.15, 0.2) is 61.1 Å². The molecule has 1 saturated heterocycles. The molecular weight excluding hydrogens is 478 g/mol. The Morgan fingerprint density at radius 2 is 1.87 bits per heavy atom. The number of piperazine rings is 1. The van der Waals surface area contributed by atoms with Crippen LogP contribution in [-0.2, 0) is 6.54 Å². The topological polar surface area (TPSA) is 103 Å². The van der Waals surface area contributed by atoms with Gasteiger partial charge in [0.2, 0.25) is 0 Å². The molecule has 6 rings (SSSR count). The summed E-state index contributed by atoms with van der Waals surface area (Å²) in [6, 6.07) is 18.2. The van der Waals surface area contributed by atoms with E-state index < -0.39 is 6.09 Å². The highest BCUT2D eigenvalue weighted by atomic mass is 16.4. The number of hydrogen-bond acceptors (Lipinski definition) is 5. The van der Waals surface area contributed by atoms with Gasteiger partial charge in [0.05, 0.1) is 29.1 Å². The van der Waals surface area contributed by atoms with Crippen LogP contribution in [0.1, 0.15) is 31.9 Å². The Labute approximate surface area is 221 Å². The molecule has 0 spiro atoms. The largest absolute Gasteiger partial charge is 0.465 e. The number of rotatable bonds is 2. The number of fused-ring (bicyclic) bond motifs is 5. The van der Waals surface area contributed by atoms with Gasteiger partial charge in [-0.25, -0.2) is 4.79 Å². The molecule has 2 aliphatic rings. The molecule has 1 unspecified atom stereocenters. The number of amides is 1. The van der Waals surface area contributed by atoms with Crippen LogP contribution < -0.4 is 4.90 Å². The second kappa shape index (κ2) is 8.77. The predicted molar refractivity (Wildman–Crippen MR) is 144 cm³/mol. The minimum absolute atomic E-state index is 0.108. The van der Waals surface area contributed by atoms with Gasteiger partial charge in [0, 0.05) is 43.6 Å². The van der Waals surface area contributed by atoms with Crippen molar-refractivity contribution in [3.63, 3.8) is 0 Å². The zero-order valence-corrected chi connectivity index (χ0v) is 21.7. The fraction of sp³-hybridized carbons (Fsp3) is 0.310. The van der Waals surface area contributed by atoms with Crippen molar-refractivity contribution < 1.29 is 9.90 Å². The van der Waals surface area contributed by atoms with Crippen molar-refractivity contribution in [3.8, 4) is 34.4 Å². The van der Waals surface area contributed by atoms with Crippen molar-refractivity contribution in [2.24, 2.45) is 5.41 Å². The zero-order chi connectivity index (χ0) is 26.6. The quantitative estimate of drug-likeness (QED) is 0.366. The molecule has 1 atom stereocenters. The van der Waals surface area contributed by atoms with E-state index >= 15 is 0 Å². The fourth-order valence-corrected chi connectivity index (χ4v) is 5.61. The molecule has 2 aromatic heterocycles. The molecule has 192 valence electrons. The molecule has 9 heteroatoms. The molecule has 0 radical (unpaired) electrons. The maximum Gasteiger partial charge on any atom is 0.407 e. The number of carboxylic acid groups (broad SMARTS) is 1. The van der Waals surface area contributed by atoms with E-state index in [0.29, 0.717) is 31.7 Å². The number of carbonyl (C=O) groups is 1. The molecule has 0 bridgehead atoms. The number of nitriles is 1. The van der Waals surface area contributed by atoms with Crippen LogP contribution in [-0.4, -0.2) is 61.1 Å². The predicted octanol–water partition coefficient (Wildman–Crippen LogP) is 4.85. The van der Waals surface area contributed by atoms with Crippen molar-refractivity contribution in [3.05, 3.63) is 72.2 Å². The van der Waals surface area contributed by atoms with Crippen molar-refractivity contribution in [1.29, 1.82) is 5.26 Å². The number of aromatic nitrogens is 4. The van der Waals surface area contributed by atoms with E-state index in [2.05, 4.69) is 77.0 Å². The molecule has 1 fully saturated rings. The van der Waals surface area contributed by atoms with Crippen molar-refractivity contribution in [2.75, 3.05) is 24.5 Å². The maximum atomic E-state index is 11.9. The van der Waals surface area contributed by atoms with Crippen LogP contribution in [0, 0.1) is 16.7 Å². The van der Waals surface area contributed by atoms with Crippen molar-refractivity contribution in [2.45, 2.75) is 33.4 Å². The number of benzene rings is 2. The summed E-state index contributed by atoms with van der Waals surface area (Å²) in [5.41, 5.74) is 6.77. The first-order valence-corrected chi connectivity index (χ1v) is 12.7. The summed E-state index contributed by atoms with van der Waals surface area (Å²) in [6.45, 7) is 8.72. The Hall–Kier alpha value is -4.58. The van der Waals surface area contributed by atoms with Crippen LogP contribution in [0.25, 0.3) is 28.3 Å². The molecule has 2 aliphatic heterocycles. The summed E-state index contributed by atoms with van der Waals surface area (Å²) in [5, 5.41) is 27.6. The molecule has 1 amide bonds. The molecule has 2 aromatic carbocycles. The zero-order valence-electron chi connectivity index (χ0n) is 21.7. The van der Waals surface area contributed by atoms with E-state index in [0.717, 1.165) is 39.6 Å². The summed E-state index contributed by atoms with van der Waals surface area (Å²) < 4.78 is 4.23. The molecule has 0 saturated carbocycles. The summed E-state index contributed by atoms with van der Waals surface area (Å²) in [5.74, 6) is 0.777. The third kappa shape index (κ3) is 3.98. The minimum Gasteiger partial charge on any atom is -0.465 e. The van der Waals surface area contributed by atoms with Gasteiger partial charge in [-0.2, -0.15) is 5.26 Å². The number of nitrogens with zero attached hydrogens (tertiary/aromatic N) is 7. The van der Waals surface area contributed by atoms with Crippen molar-refractivity contribution in [1.82, 2.24) is 24.2 Å². The van der Waals surface area contributed by atoms with Gasteiger partial charge in [-0.1, -0.05) is 32.9 Å². The molecule has 1 N–H and O–H groups in total. The molecule has 4 aromatic rings. The number of hydrogen-bond donors (Lipinski definition) is 1. The Bertz CT molecular complexity index is 1570. The third-order valence-electron chi connectivity index (χ3n) is 7.67. The Kier molecular flexibility index (Phi) is 5.49. The lowest BCUT2D eigenvalue weighted by Crippen LogP contribution is -2.59. The van der Waals surface area contributed by atoms with Crippen LogP contribution in [0.5, 0.6) is 0 Å². The molecule has 0 aliphatic carbocycles. The Morgan fingerprint density at radius 1 is 1.08 bits per heavy atom. The van der Waals surface area contributed by atoms with Gasteiger partial charge in [-0.15, -0.1) is 10.2 Å². The second-order valence-electron chi connectivity index (χ2n) is 11.1. The minimum atomic E-state index is -0.857. The third-order valence-corrected chi connectivity index (χ3v) is 7.67. The van der Waals surface area contributed by atoms with E-state index in [1.54, 1.807) is 11.2 Å². The molecule has 9 nitrogen and oxygen atoms in total. The second-order valence-corrected chi connectivity index (χ2v) is 11.1. The van der Waals surface area contributed by atoms with Crippen LogP contribution in [0.4, 0.5) is 10.5 Å². The average Bonchev–Trinajstić information content (AvgIpc) is 3.53. The van der Waals surface area contributed by atoms with E-state index in [4.69, 9.17) is 5.26 Å². The maximum absolute atomic E-state index is 11.9. The lowest BCUT2D eigenvalue weighted by atomic mass is 9.84. The van der Waals surface area contributed by atoms with E-state index in [1.165, 1.54) is 0 Å². The first kappa shape index (κ1) is 23.8. The fourth-order valence-electron chi connectivity index (χ4n) is 5.61. The molecular formula is C29H29N7O2. The molecule has 38 heavy (non-hydrogen) atoms. The van der Waals surface area contributed by atoms with Crippen LogP contribution in [0.3, 0.4) is 0 Å². The smallest absolute Gasteiger partial charge is 0.407 e. The van der Waals surface area contributed by atoms with Gasteiger partial charge in [0.1, 0.15) is 6.33 Å². The van der Waals surface area contributed by atoms with Gasteiger partial charge in [-0.3, -0.25) is 4.57 Å². The molecule has 4 heterocycles. The van der Waals surface area contributed by atoms with E-state index in [-0.39, 0.29) is 11.5 Å². The van der Waals surface area contributed by atoms with Crippen molar-refractivity contribution >= 4 is 11.8 Å². The van der Waals surface area contributed by atoms with Gasteiger partial charge in [0.15, 0.2) is 5.82 Å². The Morgan fingerprint density at radius 3 is 2.58 bits per heavy atom. The summed E-state index contributed by atoms with van der Waals surface area (Å²) in [6.07, 6.45) is 3.02. The van der Waals surface area contributed by atoms with Gasteiger partial charge in [0.25, 0.3) is 0 Å².